The van der Waals surface area contributed by atoms with Crippen molar-refractivity contribution in [1.29, 1.82) is 0 Å². The van der Waals surface area contributed by atoms with Gasteiger partial charge in [-0.1, -0.05) is 36.8 Å². The quantitative estimate of drug-likeness (QED) is 0.360. The van der Waals surface area contributed by atoms with E-state index >= 15 is 0 Å². The van der Waals surface area contributed by atoms with E-state index in [9.17, 15) is 22.4 Å². The summed E-state index contributed by atoms with van der Waals surface area (Å²) in [5.41, 5.74) is 1.89. The van der Waals surface area contributed by atoms with E-state index in [1.54, 1.807) is 6.92 Å². The lowest BCUT2D eigenvalue weighted by Crippen LogP contribution is -2.51. The molecule has 0 saturated carbocycles. The Hall–Kier alpha value is -3.92. The molecule has 0 unspecified atom stereocenters. The predicted molar refractivity (Wildman–Crippen MR) is 148 cm³/mol. The number of hydrogen-bond acceptors (Lipinski definition) is 5. The number of methoxy groups -OCH3 is 1. The molecule has 0 aliphatic carbocycles. The number of anilines is 1. The average Bonchev–Trinajstić information content (AvgIpc) is 2.93. The number of halogens is 1. The van der Waals surface area contributed by atoms with Gasteiger partial charge in [-0.3, -0.25) is 13.9 Å². The van der Waals surface area contributed by atoms with Crippen LogP contribution in [0.4, 0.5) is 10.1 Å². The van der Waals surface area contributed by atoms with Crippen LogP contribution in [0, 0.1) is 12.7 Å². The van der Waals surface area contributed by atoms with E-state index in [0.717, 1.165) is 34.0 Å². The number of carbonyl (C=O) groups excluding carboxylic acids is 2. The van der Waals surface area contributed by atoms with Gasteiger partial charge in [0.15, 0.2) is 0 Å². The van der Waals surface area contributed by atoms with Crippen LogP contribution in [0.5, 0.6) is 5.75 Å². The maximum atomic E-state index is 13.8. The van der Waals surface area contributed by atoms with Gasteiger partial charge >= 0.3 is 0 Å². The Labute approximate surface area is 229 Å². The molecule has 1 N–H and O–H groups in total. The summed E-state index contributed by atoms with van der Waals surface area (Å²) >= 11 is 0. The predicted octanol–water partition coefficient (Wildman–Crippen LogP) is 4.28. The van der Waals surface area contributed by atoms with Gasteiger partial charge in [-0.25, -0.2) is 12.8 Å². The van der Waals surface area contributed by atoms with Crippen molar-refractivity contribution in [3.63, 3.8) is 0 Å². The average molecular weight is 556 g/mol. The minimum absolute atomic E-state index is 0.0700. The first-order valence-corrected chi connectivity index (χ1v) is 14.1. The summed E-state index contributed by atoms with van der Waals surface area (Å²) in [5.74, 6) is -1.01. The summed E-state index contributed by atoms with van der Waals surface area (Å²) in [6.07, 6.45) is 0.725. The number of ether oxygens (including phenoxy) is 1. The summed E-state index contributed by atoms with van der Waals surface area (Å²) in [7, 11) is -2.79. The van der Waals surface area contributed by atoms with Crippen LogP contribution in [-0.4, -0.2) is 51.4 Å². The number of nitrogens with zero attached hydrogens (tertiary/aromatic N) is 2. The Morgan fingerprint density at radius 3 is 2.28 bits per heavy atom. The van der Waals surface area contributed by atoms with E-state index in [4.69, 9.17) is 4.74 Å². The lowest BCUT2D eigenvalue weighted by atomic mass is 10.1. The first-order chi connectivity index (χ1) is 18.6. The summed E-state index contributed by atoms with van der Waals surface area (Å²) in [5, 5.41) is 2.80. The zero-order chi connectivity index (χ0) is 28.6. The molecule has 0 radical (unpaired) electrons. The Morgan fingerprint density at radius 2 is 1.69 bits per heavy atom. The van der Waals surface area contributed by atoms with Gasteiger partial charge in [0.05, 0.1) is 17.7 Å². The molecule has 0 aliphatic rings. The highest BCUT2D eigenvalue weighted by Crippen LogP contribution is 2.26. The van der Waals surface area contributed by atoms with Gasteiger partial charge in [0.25, 0.3) is 10.0 Å². The van der Waals surface area contributed by atoms with E-state index in [1.165, 1.54) is 48.4 Å². The molecule has 3 rings (SSSR count). The molecular formula is C29H34FN3O5S. The smallest absolute Gasteiger partial charge is 0.264 e. The molecule has 39 heavy (non-hydrogen) atoms. The van der Waals surface area contributed by atoms with Crippen molar-refractivity contribution in [3.05, 3.63) is 89.7 Å². The minimum Gasteiger partial charge on any atom is -0.497 e. The van der Waals surface area contributed by atoms with Crippen molar-refractivity contribution in [1.82, 2.24) is 10.2 Å². The first-order valence-electron chi connectivity index (χ1n) is 12.6. The summed E-state index contributed by atoms with van der Waals surface area (Å²) in [6.45, 7) is 5.40. The molecule has 3 aromatic carbocycles. The van der Waals surface area contributed by atoms with E-state index in [2.05, 4.69) is 5.32 Å². The fourth-order valence-electron chi connectivity index (χ4n) is 4.00. The monoisotopic (exact) mass is 555 g/mol. The SMILES string of the molecule is CCCNC(=O)[C@@H](C)N(Cc1cccc(C)c1)C(=O)CN(c1ccc(F)cc1)S(=O)(=O)c1ccc(OC)cc1. The maximum absolute atomic E-state index is 13.8. The van der Waals surface area contributed by atoms with Crippen molar-refractivity contribution in [2.45, 2.75) is 44.7 Å². The van der Waals surface area contributed by atoms with Crippen LogP contribution in [0.1, 0.15) is 31.4 Å². The Bertz CT molecular complexity index is 1380. The number of amides is 2. The number of carbonyl (C=O) groups is 2. The number of hydrogen-bond donors (Lipinski definition) is 1. The maximum Gasteiger partial charge on any atom is 0.264 e. The van der Waals surface area contributed by atoms with Crippen molar-refractivity contribution in [3.8, 4) is 5.75 Å². The Kier molecular flexibility index (Phi) is 10.1. The lowest BCUT2D eigenvalue weighted by Gasteiger charge is -2.32. The van der Waals surface area contributed by atoms with Crippen LogP contribution in [-0.2, 0) is 26.2 Å². The molecule has 3 aromatic rings. The highest BCUT2D eigenvalue weighted by Gasteiger charge is 2.32. The topological polar surface area (TPSA) is 96.0 Å². The molecule has 0 heterocycles. The molecule has 10 heteroatoms. The van der Waals surface area contributed by atoms with Crippen molar-refractivity contribution >= 4 is 27.5 Å². The van der Waals surface area contributed by atoms with E-state index in [1.807, 2.05) is 38.1 Å². The fraction of sp³-hybridized carbons (Fsp3) is 0.310. The summed E-state index contributed by atoms with van der Waals surface area (Å²) < 4.78 is 47.3. The van der Waals surface area contributed by atoms with E-state index in [-0.39, 0.29) is 23.0 Å². The molecular weight excluding hydrogens is 521 g/mol. The largest absolute Gasteiger partial charge is 0.497 e. The first kappa shape index (κ1) is 29.6. The number of benzene rings is 3. The summed E-state index contributed by atoms with van der Waals surface area (Å²) in [4.78, 5) is 28.0. The minimum atomic E-state index is -4.25. The highest BCUT2D eigenvalue weighted by atomic mass is 32.2. The van der Waals surface area contributed by atoms with E-state index in [0.29, 0.717) is 12.3 Å². The normalized spacial score (nSPS) is 11.9. The third kappa shape index (κ3) is 7.57. The molecule has 208 valence electrons. The summed E-state index contributed by atoms with van der Waals surface area (Å²) in [6, 6.07) is 17.3. The fourth-order valence-corrected chi connectivity index (χ4v) is 5.41. The standard InChI is InChI=1S/C29H34FN3O5S/c1-5-17-31-29(35)22(3)32(19-23-8-6-7-21(2)18-23)28(34)20-33(25-11-9-24(30)10-12-25)39(36,37)27-15-13-26(38-4)14-16-27/h6-16,18,22H,5,17,19-20H2,1-4H3,(H,31,35)/t22-/m1/s1. The Morgan fingerprint density at radius 1 is 1.03 bits per heavy atom. The van der Waals surface area contributed by atoms with Crippen molar-refractivity contribution in [2.75, 3.05) is 24.5 Å². The molecule has 8 nitrogen and oxygen atoms in total. The van der Waals surface area contributed by atoms with Crippen molar-refractivity contribution in [2.24, 2.45) is 0 Å². The number of aryl methyl sites for hydroxylation is 1. The molecule has 0 aromatic heterocycles. The number of nitrogens with one attached hydrogen (secondary N) is 1. The zero-order valence-electron chi connectivity index (χ0n) is 22.6. The van der Waals surface area contributed by atoms with Crippen LogP contribution >= 0.6 is 0 Å². The molecule has 0 saturated heterocycles. The second kappa shape index (κ2) is 13.2. The zero-order valence-corrected chi connectivity index (χ0v) is 23.4. The van der Waals surface area contributed by atoms with Gasteiger partial charge in [-0.05, 0) is 74.4 Å². The molecule has 2 amide bonds. The van der Waals surface area contributed by atoms with E-state index < -0.39 is 34.3 Å². The van der Waals surface area contributed by atoms with Crippen LogP contribution in [0.25, 0.3) is 0 Å². The molecule has 1 atom stereocenters. The second-order valence-corrected chi connectivity index (χ2v) is 11.0. The highest BCUT2D eigenvalue weighted by molar-refractivity contribution is 7.92. The van der Waals surface area contributed by atoms with Gasteiger partial charge in [0.1, 0.15) is 24.2 Å². The molecule has 0 bridgehead atoms. The van der Waals surface area contributed by atoms with Crippen LogP contribution < -0.4 is 14.4 Å². The third-order valence-electron chi connectivity index (χ3n) is 6.19. The molecule has 0 fully saturated rings. The molecule has 0 spiro atoms. The third-order valence-corrected chi connectivity index (χ3v) is 7.98. The molecule has 0 aliphatic heterocycles. The van der Waals surface area contributed by atoms with Gasteiger partial charge < -0.3 is 15.0 Å². The Balaban J connectivity index is 2.01. The van der Waals surface area contributed by atoms with Gasteiger partial charge in [-0.15, -0.1) is 0 Å². The van der Waals surface area contributed by atoms with Gasteiger partial charge in [0, 0.05) is 13.1 Å². The van der Waals surface area contributed by atoms with Crippen LogP contribution in [0.15, 0.2) is 77.7 Å². The second-order valence-electron chi connectivity index (χ2n) is 9.14. The van der Waals surface area contributed by atoms with Crippen LogP contribution in [0.3, 0.4) is 0 Å². The lowest BCUT2D eigenvalue weighted by molar-refractivity contribution is -0.139. The van der Waals surface area contributed by atoms with Crippen LogP contribution in [0.2, 0.25) is 0 Å². The van der Waals surface area contributed by atoms with Gasteiger partial charge in [-0.2, -0.15) is 0 Å². The number of sulfonamides is 1. The van der Waals surface area contributed by atoms with Crippen molar-refractivity contribution < 1.29 is 27.1 Å². The number of rotatable bonds is 12. The van der Waals surface area contributed by atoms with Gasteiger partial charge in [0.2, 0.25) is 11.8 Å².